The van der Waals surface area contributed by atoms with Crippen LogP contribution in [0.5, 0.6) is 0 Å². The summed E-state index contributed by atoms with van der Waals surface area (Å²) in [5.41, 5.74) is -2.26. The van der Waals surface area contributed by atoms with Gasteiger partial charge in [-0.25, -0.2) is 4.39 Å². The van der Waals surface area contributed by atoms with Crippen molar-refractivity contribution in [2.24, 2.45) is 0 Å². The van der Waals surface area contributed by atoms with Crippen molar-refractivity contribution in [1.82, 2.24) is 0 Å². The van der Waals surface area contributed by atoms with E-state index in [4.69, 9.17) is 0 Å². The fraction of sp³-hybridized carbons (Fsp3) is 0.800. The lowest BCUT2D eigenvalue weighted by molar-refractivity contribution is -0.141. The molecule has 1 nitrogen and oxygen atoms in total. The number of carbonyl (C=O) groups excluding carboxylic acids is 1. The van der Waals surface area contributed by atoms with E-state index >= 15 is 0 Å². The van der Waals surface area contributed by atoms with E-state index in [-0.39, 0.29) is 6.42 Å². The molecular weight excluding hydrogens is 114 g/mol. The zero-order valence-electron chi connectivity index (χ0n) is 4.87. The molecule has 0 aromatic rings. The molecule has 0 aliphatic heterocycles. The quantitative estimate of drug-likeness (QED) is 0.508. The Hall–Kier alpha value is -0.470. The number of hydrogen-bond acceptors (Lipinski definition) is 1. The average Bonchev–Trinajstić information content (AvgIpc) is 1.67. The molecule has 0 unspecified atom stereocenters. The predicted octanol–water partition coefficient (Wildman–Crippen LogP) is 1.62. The second-order valence-corrected chi connectivity index (χ2v) is 1.82. The van der Waals surface area contributed by atoms with E-state index < -0.39 is 11.7 Å². The summed E-state index contributed by atoms with van der Waals surface area (Å²) in [6, 6.07) is -1.89. The van der Waals surface area contributed by atoms with Crippen LogP contribution in [-0.4, -0.2) is 11.7 Å². The first-order valence-electron chi connectivity index (χ1n) is 2.39. The summed E-state index contributed by atoms with van der Waals surface area (Å²) >= 11 is 0. The summed E-state index contributed by atoms with van der Waals surface area (Å²) < 4.78 is 23.7. The molecule has 0 fully saturated rings. The second kappa shape index (κ2) is 2.20. The minimum Gasteiger partial charge on any atom is -0.257 e. The summed E-state index contributed by atoms with van der Waals surface area (Å²) in [4.78, 5) is 9.65. The van der Waals surface area contributed by atoms with Crippen molar-refractivity contribution in [3.63, 3.8) is 0 Å². The maximum absolute atomic E-state index is 12.2. The van der Waals surface area contributed by atoms with Crippen LogP contribution in [0, 0.1) is 0 Å². The molecule has 0 bridgehead atoms. The lowest BCUT2D eigenvalue weighted by Crippen LogP contribution is -2.24. The summed E-state index contributed by atoms with van der Waals surface area (Å²) in [6.07, 6.45) is -0.109. The molecule has 0 aromatic carbocycles. The van der Waals surface area contributed by atoms with E-state index in [1.54, 1.807) is 0 Å². The Morgan fingerprint density at radius 2 is 2.12 bits per heavy atom. The monoisotopic (exact) mass is 122 g/mol. The van der Waals surface area contributed by atoms with Gasteiger partial charge in [0, 0.05) is 0 Å². The Kier molecular flexibility index (Phi) is 2.07. The standard InChI is InChI=1S/C5H8F2O/c1-3-5(2,7)4(6)8/h3H2,1-2H3/t5-/m0/s1. The van der Waals surface area contributed by atoms with Crippen LogP contribution in [0.25, 0.3) is 0 Å². The second-order valence-electron chi connectivity index (χ2n) is 1.82. The van der Waals surface area contributed by atoms with E-state index in [9.17, 15) is 13.6 Å². The molecule has 0 aromatic heterocycles. The summed E-state index contributed by atoms with van der Waals surface area (Å²) in [6.45, 7) is 2.34. The molecular formula is C5H8F2O. The Labute approximate surface area is 46.7 Å². The van der Waals surface area contributed by atoms with Gasteiger partial charge in [0.15, 0.2) is 5.67 Å². The molecule has 3 heteroatoms. The smallest absolute Gasteiger partial charge is 0.257 e. The van der Waals surface area contributed by atoms with Crippen LogP contribution in [0.3, 0.4) is 0 Å². The maximum atomic E-state index is 12.2. The van der Waals surface area contributed by atoms with Crippen LogP contribution in [0.1, 0.15) is 20.3 Å². The Bertz CT molecular complexity index is 98.6. The van der Waals surface area contributed by atoms with Gasteiger partial charge in [-0.1, -0.05) is 6.92 Å². The molecule has 0 amide bonds. The topological polar surface area (TPSA) is 17.1 Å². The van der Waals surface area contributed by atoms with Crippen molar-refractivity contribution >= 4 is 6.04 Å². The molecule has 0 saturated carbocycles. The highest BCUT2D eigenvalue weighted by Gasteiger charge is 2.30. The normalized spacial score (nSPS) is 17.5. The molecule has 48 valence electrons. The first-order valence-corrected chi connectivity index (χ1v) is 2.39. The molecule has 0 aliphatic carbocycles. The Balaban J connectivity index is 3.91. The number of alkyl halides is 1. The highest BCUT2D eigenvalue weighted by atomic mass is 19.2. The average molecular weight is 122 g/mol. The van der Waals surface area contributed by atoms with Gasteiger partial charge in [0.1, 0.15) is 0 Å². The van der Waals surface area contributed by atoms with Crippen molar-refractivity contribution < 1.29 is 13.6 Å². The maximum Gasteiger partial charge on any atom is 0.338 e. The SMILES string of the molecule is CC[C@](C)(F)C(=O)F. The number of hydrogen-bond donors (Lipinski definition) is 0. The van der Waals surface area contributed by atoms with Gasteiger partial charge in [-0.05, 0) is 13.3 Å². The van der Waals surface area contributed by atoms with Gasteiger partial charge in [0.05, 0.1) is 0 Å². The molecule has 0 spiro atoms. The van der Waals surface area contributed by atoms with Crippen molar-refractivity contribution in [2.75, 3.05) is 0 Å². The van der Waals surface area contributed by atoms with Gasteiger partial charge in [0.25, 0.3) is 0 Å². The van der Waals surface area contributed by atoms with Crippen LogP contribution in [0.2, 0.25) is 0 Å². The molecule has 0 saturated heterocycles. The minimum absolute atomic E-state index is 0.109. The van der Waals surface area contributed by atoms with Gasteiger partial charge in [-0.2, -0.15) is 4.39 Å². The third-order valence-electron chi connectivity index (χ3n) is 1.07. The molecule has 8 heavy (non-hydrogen) atoms. The summed E-state index contributed by atoms with van der Waals surface area (Å²) in [5, 5.41) is 0. The van der Waals surface area contributed by atoms with Gasteiger partial charge in [-0.3, -0.25) is 4.79 Å². The zero-order valence-corrected chi connectivity index (χ0v) is 4.87. The minimum atomic E-state index is -2.26. The zero-order chi connectivity index (χ0) is 6.78. The highest BCUT2D eigenvalue weighted by Crippen LogP contribution is 2.15. The van der Waals surface area contributed by atoms with E-state index in [2.05, 4.69) is 0 Å². The molecule has 0 heterocycles. The van der Waals surface area contributed by atoms with Crippen molar-refractivity contribution in [3.8, 4) is 0 Å². The molecule has 0 rings (SSSR count). The van der Waals surface area contributed by atoms with Gasteiger partial charge < -0.3 is 0 Å². The summed E-state index contributed by atoms with van der Waals surface area (Å²) in [5.74, 6) is 0. The number of carbonyl (C=O) groups is 1. The van der Waals surface area contributed by atoms with Crippen LogP contribution in [0.4, 0.5) is 8.78 Å². The first kappa shape index (κ1) is 7.53. The van der Waals surface area contributed by atoms with E-state index in [1.807, 2.05) is 0 Å². The third-order valence-corrected chi connectivity index (χ3v) is 1.07. The van der Waals surface area contributed by atoms with Gasteiger partial charge in [-0.15, -0.1) is 0 Å². The van der Waals surface area contributed by atoms with Crippen molar-refractivity contribution in [3.05, 3.63) is 0 Å². The van der Waals surface area contributed by atoms with Crippen LogP contribution in [-0.2, 0) is 4.79 Å². The first-order chi connectivity index (χ1) is 3.50. The van der Waals surface area contributed by atoms with E-state index in [0.717, 1.165) is 6.92 Å². The Morgan fingerprint density at radius 3 is 2.12 bits per heavy atom. The molecule has 0 N–H and O–H groups in total. The van der Waals surface area contributed by atoms with Crippen molar-refractivity contribution in [1.29, 1.82) is 0 Å². The fourth-order valence-electron chi connectivity index (χ4n) is 0.139. The molecule has 1 atom stereocenters. The lowest BCUT2D eigenvalue weighted by Gasteiger charge is -2.08. The lowest BCUT2D eigenvalue weighted by atomic mass is 10.1. The predicted molar refractivity (Wildman–Crippen MR) is 25.9 cm³/mol. The number of rotatable bonds is 2. The van der Waals surface area contributed by atoms with Crippen LogP contribution < -0.4 is 0 Å². The highest BCUT2D eigenvalue weighted by molar-refractivity contribution is 5.77. The van der Waals surface area contributed by atoms with E-state index in [1.165, 1.54) is 6.92 Å². The largest absolute Gasteiger partial charge is 0.338 e. The fourth-order valence-corrected chi connectivity index (χ4v) is 0.139. The van der Waals surface area contributed by atoms with Gasteiger partial charge in [0.2, 0.25) is 0 Å². The van der Waals surface area contributed by atoms with Gasteiger partial charge >= 0.3 is 6.04 Å². The van der Waals surface area contributed by atoms with Crippen molar-refractivity contribution in [2.45, 2.75) is 25.9 Å². The van der Waals surface area contributed by atoms with Crippen LogP contribution >= 0.6 is 0 Å². The number of halogens is 2. The van der Waals surface area contributed by atoms with E-state index in [0.29, 0.717) is 0 Å². The Morgan fingerprint density at radius 1 is 1.75 bits per heavy atom. The van der Waals surface area contributed by atoms with Crippen LogP contribution in [0.15, 0.2) is 0 Å². The molecule has 0 radical (unpaired) electrons. The molecule has 0 aliphatic rings. The third kappa shape index (κ3) is 1.56. The summed E-state index contributed by atoms with van der Waals surface area (Å²) in [7, 11) is 0.